The molecule has 1 aromatic carbocycles. The average Bonchev–Trinajstić information content (AvgIpc) is 3.42. The largest absolute Gasteiger partial charge is 0.494 e. The van der Waals surface area contributed by atoms with E-state index in [9.17, 15) is 22.8 Å². The Morgan fingerprint density at radius 1 is 1.10 bits per heavy atom. The van der Waals surface area contributed by atoms with E-state index in [4.69, 9.17) is 14.3 Å². The first-order chi connectivity index (χ1) is 19.2. The molecule has 0 aliphatic carbocycles. The minimum Gasteiger partial charge on any atom is -0.494 e. The third kappa shape index (κ3) is 7.92. The molecule has 5 rings (SSSR count). The van der Waals surface area contributed by atoms with E-state index in [0.29, 0.717) is 57.9 Å². The first-order valence-electron chi connectivity index (χ1n) is 12.8. The van der Waals surface area contributed by atoms with E-state index in [1.807, 2.05) is 47.4 Å². The molecule has 2 aliphatic rings. The van der Waals surface area contributed by atoms with E-state index < -0.39 is 12.5 Å². The Morgan fingerprint density at radius 2 is 1.82 bits per heavy atom. The Hall–Kier alpha value is -4.19. The lowest BCUT2D eigenvalue weighted by Gasteiger charge is -2.26. The van der Waals surface area contributed by atoms with Crippen LogP contribution in [0.25, 0.3) is 22.5 Å². The molecule has 2 aliphatic heterocycles. The molecule has 1 saturated heterocycles. The van der Waals surface area contributed by atoms with E-state index in [1.165, 1.54) is 0 Å². The van der Waals surface area contributed by atoms with Gasteiger partial charge in [-0.1, -0.05) is 0 Å². The topological polar surface area (TPSA) is 114 Å². The van der Waals surface area contributed by atoms with Crippen LogP contribution in [0, 0.1) is 0 Å². The minimum atomic E-state index is -4.64. The highest BCUT2D eigenvalue weighted by molar-refractivity contribution is 5.97. The molecule has 212 valence electrons. The number of hydrogen-bond donors (Lipinski definition) is 2. The summed E-state index contributed by atoms with van der Waals surface area (Å²) >= 11 is 0. The lowest BCUT2D eigenvalue weighted by atomic mass is 10.1. The Labute approximate surface area is 228 Å². The van der Waals surface area contributed by atoms with Crippen molar-refractivity contribution < 1.29 is 37.0 Å². The maximum Gasteiger partial charge on any atom is 0.446 e. The summed E-state index contributed by atoms with van der Waals surface area (Å²) in [5.41, 5.74) is 5.41. The van der Waals surface area contributed by atoms with E-state index >= 15 is 0 Å². The Bertz CT molecular complexity index is 1320. The summed E-state index contributed by atoms with van der Waals surface area (Å²) in [5.74, 6) is 0.901. The molecule has 0 spiro atoms. The number of hydrogen-bond acceptors (Lipinski definition) is 6. The number of amides is 2. The Morgan fingerprint density at radius 3 is 2.50 bits per heavy atom. The van der Waals surface area contributed by atoms with Gasteiger partial charge in [0.05, 0.1) is 31.1 Å². The van der Waals surface area contributed by atoms with Crippen LogP contribution in [0.5, 0.6) is 5.75 Å². The van der Waals surface area contributed by atoms with Crippen LogP contribution in [-0.2, 0) is 20.7 Å². The van der Waals surface area contributed by atoms with Crippen molar-refractivity contribution in [1.82, 2.24) is 20.2 Å². The molecule has 1 fully saturated rings. The first-order valence-corrected chi connectivity index (χ1v) is 12.8. The number of aldehydes is 1. The molecule has 0 saturated carbocycles. The second kappa shape index (κ2) is 13.2. The number of alkyl halides is 3. The summed E-state index contributed by atoms with van der Waals surface area (Å²) in [6, 6.07) is 13.7. The SMILES string of the molecule is O=C1NCCc2[nH]c(-c3ccnc(-c4ccc(OCCCC(=O)N5CCOCC5)cc4)c3)cc21.O=CC(F)(F)F. The Balaban J connectivity index is 0.000000557. The third-order valence-electron chi connectivity index (χ3n) is 6.33. The smallest absolute Gasteiger partial charge is 0.446 e. The van der Waals surface area contributed by atoms with Crippen LogP contribution in [0.15, 0.2) is 48.7 Å². The predicted octanol–water partition coefficient (Wildman–Crippen LogP) is 3.80. The minimum absolute atomic E-state index is 0.0286. The molecule has 0 bridgehead atoms. The number of nitrogens with one attached hydrogen (secondary N) is 2. The number of morpholine rings is 1. The summed E-state index contributed by atoms with van der Waals surface area (Å²) in [6.07, 6.45) is -1.95. The molecule has 4 heterocycles. The molecule has 40 heavy (non-hydrogen) atoms. The highest BCUT2D eigenvalue weighted by atomic mass is 19.4. The van der Waals surface area contributed by atoms with Gasteiger partial charge < -0.3 is 24.7 Å². The third-order valence-corrected chi connectivity index (χ3v) is 6.33. The number of benzene rings is 1. The monoisotopic (exact) mass is 558 g/mol. The molecule has 0 unspecified atom stereocenters. The average molecular weight is 559 g/mol. The summed E-state index contributed by atoms with van der Waals surface area (Å²) in [6.45, 7) is 3.75. The van der Waals surface area contributed by atoms with Gasteiger partial charge in [-0.25, -0.2) is 0 Å². The van der Waals surface area contributed by atoms with Crippen LogP contribution < -0.4 is 10.1 Å². The van der Waals surface area contributed by atoms with E-state index in [-0.39, 0.29) is 11.8 Å². The second-order valence-corrected chi connectivity index (χ2v) is 9.14. The molecule has 0 radical (unpaired) electrons. The molecule has 12 heteroatoms. The van der Waals surface area contributed by atoms with Gasteiger partial charge in [0.15, 0.2) is 0 Å². The molecule has 0 atom stereocenters. The molecule has 2 N–H and O–H groups in total. The molecular formula is C28H29F3N4O5. The fraction of sp³-hybridized carbons (Fsp3) is 0.357. The second-order valence-electron chi connectivity index (χ2n) is 9.14. The van der Waals surface area contributed by atoms with Gasteiger partial charge in [0.2, 0.25) is 12.2 Å². The fourth-order valence-corrected chi connectivity index (χ4v) is 4.31. The lowest BCUT2D eigenvalue weighted by molar-refractivity contribution is -0.156. The van der Waals surface area contributed by atoms with Crippen LogP contribution in [0.4, 0.5) is 13.2 Å². The van der Waals surface area contributed by atoms with Crippen LogP contribution in [0.2, 0.25) is 0 Å². The van der Waals surface area contributed by atoms with Crippen LogP contribution >= 0.6 is 0 Å². The number of pyridine rings is 1. The normalized spacial score (nSPS) is 14.9. The number of rotatable bonds is 7. The van der Waals surface area contributed by atoms with E-state index in [0.717, 1.165) is 40.4 Å². The summed E-state index contributed by atoms with van der Waals surface area (Å²) in [4.78, 5) is 42.7. The van der Waals surface area contributed by atoms with Gasteiger partial charge in [0.25, 0.3) is 5.91 Å². The van der Waals surface area contributed by atoms with Crippen molar-refractivity contribution in [3.05, 3.63) is 59.9 Å². The lowest BCUT2D eigenvalue weighted by Crippen LogP contribution is -2.40. The number of aromatic amines is 1. The number of carbonyl (C=O) groups excluding carboxylic acids is 3. The van der Waals surface area contributed by atoms with Crippen molar-refractivity contribution in [2.45, 2.75) is 25.4 Å². The summed E-state index contributed by atoms with van der Waals surface area (Å²) in [7, 11) is 0. The molecular weight excluding hydrogens is 529 g/mol. The fourth-order valence-electron chi connectivity index (χ4n) is 4.31. The van der Waals surface area contributed by atoms with Crippen LogP contribution in [0.3, 0.4) is 0 Å². The van der Waals surface area contributed by atoms with Crippen molar-refractivity contribution in [3.8, 4) is 28.3 Å². The molecule has 3 aromatic rings. The number of fused-ring (bicyclic) bond motifs is 1. The zero-order valence-electron chi connectivity index (χ0n) is 21.6. The van der Waals surface area contributed by atoms with Gasteiger partial charge in [-0.3, -0.25) is 19.4 Å². The van der Waals surface area contributed by atoms with Gasteiger partial charge in [-0.15, -0.1) is 0 Å². The van der Waals surface area contributed by atoms with Gasteiger partial charge in [0.1, 0.15) is 5.75 Å². The van der Waals surface area contributed by atoms with E-state index in [1.54, 1.807) is 6.20 Å². The number of H-pyrrole nitrogens is 1. The molecule has 2 amide bonds. The standard InChI is InChI=1S/C26H28N4O4.C2HF3O/c31-25(30-11-14-33-15-12-30)2-1-13-34-20-5-3-18(4-6-20)23-16-19(7-9-27-23)24-17-21-22(29-24)8-10-28-26(21)32;3-2(4,5)1-6/h3-7,9,16-17,29H,1-2,8,10-15H2,(H,28,32);1H. The number of carbonyl (C=O) groups is 3. The molecule has 2 aromatic heterocycles. The number of aromatic nitrogens is 2. The molecule has 9 nitrogen and oxygen atoms in total. The summed E-state index contributed by atoms with van der Waals surface area (Å²) < 4.78 is 42.4. The van der Waals surface area contributed by atoms with Crippen molar-refractivity contribution in [2.75, 3.05) is 39.5 Å². The summed E-state index contributed by atoms with van der Waals surface area (Å²) in [5, 5.41) is 2.88. The van der Waals surface area contributed by atoms with Gasteiger partial charge in [-0.2, -0.15) is 13.2 Å². The number of halogens is 3. The van der Waals surface area contributed by atoms with Gasteiger partial charge in [-0.05, 0) is 48.9 Å². The van der Waals surface area contributed by atoms with E-state index in [2.05, 4.69) is 15.3 Å². The maximum absolute atomic E-state index is 12.2. The number of nitrogens with zero attached hydrogens (tertiary/aromatic N) is 2. The predicted molar refractivity (Wildman–Crippen MR) is 140 cm³/mol. The maximum atomic E-state index is 12.2. The highest BCUT2D eigenvalue weighted by Gasteiger charge is 2.25. The van der Waals surface area contributed by atoms with Crippen LogP contribution in [-0.4, -0.2) is 78.6 Å². The van der Waals surface area contributed by atoms with Crippen LogP contribution in [0.1, 0.15) is 28.9 Å². The quantitative estimate of drug-likeness (QED) is 0.337. The van der Waals surface area contributed by atoms with Gasteiger partial charge >= 0.3 is 6.18 Å². The Kier molecular flexibility index (Phi) is 9.54. The van der Waals surface area contributed by atoms with Crippen molar-refractivity contribution in [3.63, 3.8) is 0 Å². The van der Waals surface area contributed by atoms with Crippen molar-refractivity contribution >= 4 is 18.1 Å². The highest BCUT2D eigenvalue weighted by Crippen LogP contribution is 2.28. The zero-order valence-corrected chi connectivity index (χ0v) is 21.6. The first kappa shape index (κ1) is 28.8. The zero-order chi connectivity index (χ0) is 28.5. The van der Waals surface area contributed by atoms with Gasteiger partial charge in [0, 0.05) is 61.2 Å². The van der Waals surface area contributed by atoms with Crippen molar-refractivity contribution in [2.24, 2.45) is 0 Å². The van der Waals surface area contributed by atoms with Crippen molar-refractivity contribution in [1.29, 1.82) is 0 Å². The number of ether oxygens (including phenoxy) is 2.